The Bertz CT molecular complexity index is 573. The third kappa shape index (κ3) is 5.83. The maximum absolute atomic E-state index is 11.7. The Morgan fingerprint density at radius 3 is 2.78 bits per heavy atom. The SMILES string of the molecule is CC(C)=CC(=O)NC[C@@H]1CCCN(Cc2ccc(C)c(C)c2)C1. The molecular weight excluding hydrogens is 284 g/mol. The van der Waals surface area contributed by atoms with Gasteiger partial charge in [-0.15, -0.1) is 0 Å². The molecule has 0 aliphatic carbocycles. The normalized spacial score (nSPS) is 18.5. The predicted octanol–water partition coefficient (Wildman–Crippen LogP) is 3.60. The minimum absolute atomic E-state index is 0.0382. The van der Waals surface area contributed by atoms with Crippen LogP contribution in [0.15, 0.2) is 29.8 Å². The number of hydrogen-bond donors (Lipinski definition) is 1. The van der Waals surface area contributed by atoms with E-state index in [4.69, 9.17) is 0 Å². The van der Waals surface area contributed by atoms with E-state index >= 15 is 0 Å². The van der Waals surface area contributed by atoms with Gasteiger partial charge in [-0.05, 0) is 69.7 Å². The molecule has 1 aliphatic heterocycles. The van der Waals surface area contributed by atoms with E-state index in [0.717, 1.165) is 31.8 Å². The second-order valence-electron chi connectivity index (χ2n) is 7.13. The first-order valence-corrected chi connectivity index (χ1v) is 8.65. The van der Waals surface area contributed by atoms with Crippen molar-refractivity contribution in [1.29, 1.82) is 0 Å². The quantitative estimate of drug-likeness (QED) is 0.842. The molecule has 1 amide bonds. The molecule has 1 fully saturated rings. The molecule has 1 atom stereocenters. The Hall–Kier alpha value is -1.61. The van der Waals surface area contributed by atoms with Gasteiger partial charge < -0.3 is 5.32 Å². The first-order chi connectivity index (χ1) is 10.9. The summed E-state index contributed by atoms with van der Waals surface area (Å²) < 4.78 is 0. The van der Waals surface area contributed by atoms with Gasteiger partial charge >= 0.3 is 0 Å². The van der Waals surface area contributed by atoms with E-state index in [0.29, 0.717) is 5.92 Å². The van der Waals surface area contributed by atoms with E-state index < -0.39 is 0 Å². The Balaban J connectivity index is 1.84. The van der Waals surface area contributed by atoms with Crippen LogP contribution in [0.2, 0.25) is 0 Å². The molecule has 0 bridgehead atoms. The predicted molar refractivity (Wildman–Crippen MR) is 96.4 cm³/mol. The van der Waals surface area contributed by atoms with Crippen LogP contribution in [0.5, 0.6) is 0 Å². The van der Waals surface area contributed by atoms with Gasteiger partial charge in [0, 0.05) is 25.7 Å². The number of carbonyl (C=O) groups is 1. The maximum atomic E-state index is 11.7. The molecule has 0 radical (unpaired) electrons. The molecular formula is C20H30N2O. The molecule has 0 saturated carbocycles. The van der Waals surface area contributed by atoms with E-state index in [1.54, 1.807) is 6.08 Å². The van der Waals surface area contributed by atoms with E-state index in [9.17, 15) is 4.79 Å². The van der Waals surface area contributed by atoms with Crippen LogP contribution in [-0.2, 0) is 11.3 Å². The number of carbonyl (C=O) groups excluding carboxylic acids is 1. The van der Waals surface area contributed by atoms with Crippen LogP contribution in [0.3, 0.4) is 0 Å². The van der Waals surface area contributed by atoms with Crippen molar-refractivity contribution in [3.8, 4) is 0 Å². The van der Waals surface area contributed by atoms with E-state index in [-0.39, 0.29) is 5.91 Å². The Morgan fingerprint density at radius 1 is 1.30 bits per heavy atom. The number of nitrogens with one attached hydrogen (secondary N) is 1. The first kappa shape index (κ1) is 17.7. The van der Waals surface area contributed by atoms with Gasteiger partial charge in [0.25, 0.3) is 0 Å². The van der Waals surface area contributed by atoms with Crippen molar-refractivity contribution in [2.24, 2.45) is 5.92 Å². The van der Waals surface area contributed by atoms with E-state index in [2.05, 4.69) is 42.3 Å². The fourth-order valence-electron chi connectivity index (χ4n) is 3.18. The van der Waals surface area contributed by atoms with Crippen molar-refractivity contribution in [2.45, 2.75) is 47.1 Å². The van der Waals surface area contributed by atoms with Crippen molar-refractivity contribution >= 4 is 5.91 Å². The third-order valence-corrected chi connectivity index (χ3v) is 4.57. The summed E-state index contributed by atoms with van der Waals surface area (Å²) in [7, 11) is 0. The summed E-state index contributed by atoms with van der Waals surface area (Å²) in [5, 5.41) is 3.04. The van der Waals surface area contributed by atoms with Crippen molar-refractivity contribution in [3.05, 3.63) is 46.5 Å². The number of amides is 1. The molecule has 0 unspecified atom stereocenters. The van der Waals surface area contributed by atoms with Crippen LogP contribution >= 0.6 is 0 Å². The monoisotopic (exact) mass is 314 g/mol. The topological polar surface area (TPSA) is 32.3 Å². The number of benzene rings is 1. The van der Waals surface area contributed by atoms with Gasteiger partial charge in [-0.3, -0.25) is 9.69 Å². The zero-order valence-electron chi connectivity index (χ0n) is 15.0. The fraction of sp³-hybridized carbons (Fsp3) is 0.550. The Morgan fingerprint density at radius 2 is 2.09 bits per heavy atom. The highest BCUT2D eigenvalue weighted by Crippen LogP contribution is 2.19. The average Bonchev–Trinajstić information content (AvgIpc) is 2.49. The first-order valence-electron chi connectivity index (χ1n) is 8.65. The summed E-state index contributed by atoms with van der Waals surface area (Å²) in [5.41, 5.74) is 5.15. The maximum Gasteiger partial charge on any atom is 0.243 e. The van der Waals surface area contributed by atoms with E-state index in [1.165, 1.54) is 29.5 Å². The lowest BCUT2D eigenvalue weighted by Gasteiger charge is -2.33. The second-order valence-corrected chi connectivity index (χ2v) is 7.13. The van der Waals surface area contributed by atoms with Crippen LogP contribution in [-0.4, -0.2) is 30.4 Å². The third-order valence-electron chi connectivity index (χ3n) is 4.57. The van der Waals surface area contributed by atoms with Crippen LogP contribution in [0.4, 0.5) is 0 Å². The lowest BCUT2D eigenvalue weighted by molar-refractivity contribution is -0.116. The van der Waals surface area contributed by atoms with Crippen LogP contribution < -0.4 is 5.32 Å². The lowest BCUT2D eigenvalue weighted by atomic mass is 9.97. The molecule has 126 valence electrons. The van der Waals surface area contributed by atoms with Gasteiger partial charge in [-0.25, -0.2) is 0 Å². The van der Waals surface area contributed by atoms with Crippen LogP contribution in [0.25, 0.3) is 0 Å². The van der Waals surface area contributed by atoms with Crippen LogP contribution in [0, 0.1) is 19.8 Å². The minimum Gasteiger partial charge on any atom is -0.352 e. The summed E-state index contributed by atoms with van der Waals surface area (Å²) in [4.78, 5) is 14.3. The number of rotatable bonds is 5. The highest BCUT2D eigenvalue weighted by molar-refractivity contribution is 5.87. The summed E-state index contributed by atoms with van der Waals surface area (Å²) >= 11 is 0. The summed E-state index contributed by atoms with van der Waals surface area (Å²) in [5.74, 6) is 0.598. The zero-order valence-corrected chi connectivity index (χ0v) is 15.0. The zero-order chi connectivity index (χ0) is 16.8. The molecule has 0 spiro atoms. The fourth-order valence-corrected chi connectivity index (χ4v) is 3.18. The molecule has 0 aromatic heterocycles. The molecule has 1 N–H and O–H groups in total. The molecule has 2 rings (SSSR count). The second kappa shape index (κ2) is 8.30. The van der Waals surface area contributed by atoms with Crippen molar-refractivity contribution in [2.75, 3.05) is 19.6 Å². The smallest absolute Gasteiger partial charge is 0.243 e. The highest BCUT2D eigenvalue weighted by Gasteiger charge is 2.20. The number of aryl methyl sites for hydroxylation is 2. The van der Waals surface area contributed by atoms with E-state index in [1.807, 2.05) is 13.8 Å². The van der Waals surface area contributed by atoms with Crippen molar-refractivity contribution in [3.63, 3.8) is 0 Å². The average molecular weight is 314 g/mol. The molecule has 1 aliphatic rings. The number of nitrogens with zero attached hydrogens (tertiary/aromatic N) is 1. The molecule has 3 heteroatoms. The van der Waals surface area contributed by atoms with Gasteiger partial charge in [0.1, 0.15) is 0 Å². The summed E-state index contributed by atoms with van der Waals surface area (Å²) in [6.45, 7) is 12.3. The number of piperidine rings is 1. The largest absolute Gasteiger partial charge is 0.352 e. The van der Waals surface area contributed by atoms with Gasteiger partial charge in [-0.2, -0.15) is 0 Å². The Labute approximate surface area is 140 Å². The molecule has 1 heterocycles. The Kier molecular flexibility index (Phi) is 6.40. The standard InChI is InChI=1S/C20H30N2O/c1-15(2)10-20(23)21-12-19-6-5-9-22(14-19)13-18-8-7-16(3)17(4)11-18/h7-8,10-11,19H,5-6,9,12-14H2,1-4H3,(H,21,23)/t19-/m0/s1. The molecule has 23 heavy (non-hydrogen) atoms. The molecule has 1 saturated heterocycles. The summed E-state index contributed by atoms with van der Waals surface area (Å²) in [6.07, 6.45) is 4.10. The van der Waals surface area contributed by atoms with Crippen molar-refractivity contribution in [1.82, 2.24) is 10.2 Å². The van der Waals surface area contributed by atoms with Crippen molar-refractivity contribution < 1.29 is 4.79 Å². The summed E-state index contributed by atoms with van der Waals surface area (Å²) in [6, 6.07) is 6.75. The highest BCUT2D eigenvalue weighted by atomic mass is 16.1. The van der Waals surface area contributed by atoms with Gasteiger partial charge in [0.15, 0.2) is 0 Å². The van der Waals surface area contributed by atoms with Gasteiger partial charge in [0.2, 0.25) is 5.91 Å². The van der Waals surface area contributed by atoms with Gasteiger partial charge in [-0.1, -0.05) is 23.8 Å². The van der Waals surface area contributed by atoms with Gasteiger partial charge in [0.05, 0.1) is 0 Å². The molecule has 1 aromatic carbocycles. The minimum atomic E-state index is 0.0382. The van der Waals surface area contributed by atoms with Crippen LogP contribution in [0.1, 0.15) is 43.4 Å². The molecule has 1 aromatic rings. The molecule has 3 nitrogen and oxygen atoms in total. The number of likely N-dealkylation sites (tertiary alicyclic amines) is 1. The number of allylic oxidation sites excluding steroid dienone is 1. The lowest BCUT2D eigenvalue weighted by Crippen LogP contribution is -2.40. The number of hydrogen-bond acceptors (Lipinski definition) is 2.